The lowest BCUT2D eigenvalue weighted by molar-refractivity contribution is -0.0988. The van der Waals surface area contributed by atoms with Gasteiger partial charge in [-0.15, -0.1) is 0 Å². The maximum atomic E-state index is 11.6. The average Bonchev–Trinajstić information content (AvgIpc) is 2.43. The monoisotopic (exact) mass is 262 g/mol. The van der Waals surface area contributed by atoms with Crippen LogP contribution in [0.15, 0.2) is 35.1 Å². The molecule has 0 aliphatic heterocycles. The van der Waals surface area contributed by atoms with Crippen LogP contribution in [0.3, 0.4) is 0 Å². The Morgan fingerprint density at radius 3 is 2.74 bits per heavy atom. The van der Waals surface area contributed by atoms with E-state index in [9.17, 15) is 4.79 Å². The number of fused-ring (bicyclic) bond motifs is 1. The van der Waals surface area contributed by atoms with Gasteiger partial charge >= 0.3 is 0 Å². The molecule has 0 radical (unpaired) electrons. The van der Waals surface area contributed by atoms with Crippen LogP contribution in [0, 0.1) is 0 Å². The van der Waals surface area contributed by atoms with Gasteiger partial charge in [0.2, 0.25) is 5.56 Å². The van der Waals surface area contributed by atoms with Gasteiger partial charge < -0.3 is 19.8 Å². The zero-order valence-corrected chi connectivity index (χ0v) is 11.1. The van der Waals surface area contributed by atoms with Gasteiger partial charge in [0.15, 0.2) is 6.29 Å². The highest BCUT2D eigenvalue weighted by atomic mass is 16.7. The maximum Gasteiger partial charge on any atom is 0.248 e. The molecule has 5 heteroatoms. The van der Waals surface area contributed by atoms with E-state index in [1.165, 1.54) is 0 Å². The highest BCUT2D eigenvalue weighted by Crippen LogP contribution is 2.14. The number of para-hydroxylation sites is 1. The average molecular weight is 262 g/mol. The Labute approximate surface area is 111 Å². The van der Waals surface area contributed by atoms with Crippen LogP contribution in [0.4, 0.5) is 0 Å². The highest BCUT2D eigenvalue weighted by Gasteiger charge is 2.06. The second kappa shape index (κ2) is 6.47. The molecule has 0 spiro atoms. The van der Waals surface area contributed by atoms with Crippen LogP contribution in [0.5, 0.6) is 0 Å². The SMILES string of the molecule is COC(CNCc1cc(=O)[nH]c2ccccc12)OC. The fourth-order valence-corrected chi connectivity index (χ4v) is 2.01. The van der Waals surface area contributed by atoms with E-state index in [4.69, 9.17) is 9.47 Å². The van der Waals surface area contributed by atoms with Gasteiger partial charge in [0.05, 0.1) is 0 Å². The summed E-state index contributed by atoms with van der Waals surface area (Å²) in [6.45, 7) is 1.15. The predicted molar refractivity (Wildman–Crippen MR) is 74.1 cm³/mol. The summed E-state index contributed by atoms with van der Waals surface area (Å²) in [7, 11) is 3.19. The molecule has 0 unspecified atom stereocenters. The minimum atomic E-state index is -0.284. The highest BCUT2D eigenvalue weighted by molar-refractivity contribution is 5.81. The standard InChI is InChI=1S/C14H18N2O3/c1-18-14(19-2)9-15-8-10-7-13(17)16-12-6-4-3-5-11(10)12/h3-7,14-15H,8-9H2,1-2H3,(H,16,17). The zero-order chi connectivity index (χ0) is 13.7. The number of nitrogens with one attached hydrogen (secondary N) is 2. The van der Waals surface area contributed by atoms with Gasteiger partial charge in [-0.05, 0) is 11.6 Å². The molecule has 1 aromatic carbocycles. The van der Waals surface area contributed by atoms with Crippen LogP contribution in [-0.4, -0.2) is 32.0 Å². The molecule has 0 amide bonds. The van der Waals surface area contributed by atoms with Crippen molar-refractivity contribution in [2.24, 2.45) is 0 Å². The summed E-state index contributed by atoms with van der Waals surface area (Å²) in [6, 6.07) is 9.36. The fraction of sp³-hybridized carbons (Fsp3) is 0.357. The molecule has 2 N–H and O–H groups in total. The Morgan fingerprint density at radius 1 is 1.26 bits per heavy atom. The molecule has 0 bridgehead atoms. The summed E-state index contributed by atoms with van der Waals surface area (Å²) in [5.74, 6) is 0. The Hall–Kier alpha value is -1.69. The van der Waals surface area contributed by atoms with Crippen molar-refractivity contribution in [3.05, 3.63) is 46.2 Å². The van der Waals surface area contributed by atoms with Crippen molar-refractivity contribution < 1.29 is 9.47 Å². The van der Waals surface area contributed by atoms with Gasteiger partial charge in [-0.3, -0.25) is 4.79 Å². The minimum Gasteiger partial charge on any atom is -0.355 e. The topological polar surface area (TPSA) is 63.3 Å². The first kappa shape index (κ1) is 13.7. The zero-order valence-electron chi connectivity index (χ0n) is 11.1. The number of methoxy groups -OCH3 is 2. The normalized spacial score (nSPS) is 11.3. The summed E-state index contributed by atoms with van der Waals surface area (Å²) in [5.41, 5.74) is 1.72. The van der Waals surface area contributed by atoms with Crippen LogP contribution in [0.2, 0.25) is 0 Å². The van der Waals surface area contributed by atoms with Crippen molar-refractivity contribution in [2.45, 2.75) is 12.8 Å². The van der Waals surface area contributed by atoms with Crippen LogP contribution >= 0.6 is 0 Å². The van der Waals surface area contributed by atoms with E-state index >= 15 is 0 Å². The number of rotatable bonds is 6. The molecule has 1 aromatic heterocycles. The van der Waals surface area contributed by atoms with Crippen molar-refractivity contribution in [2.75, 3.05) is 20.8 Å². The van der Waals surface area contributed by atoms with E-state index in [-0.39, 0.29) is 11.8 Å². The Bertz CT molecular complexity index is 591. The summed E-state index contributed by atoms with van der Waals surface area (Å²) >= 11 is 0. The molecule has 2 aromatic rings. The van der Waals surface area contributed by atoms with Crippen molar-refractivity contribution in [3.8, 4) is 0 Å². The first-order valence-corrected chi connectivity index (χ1v) is 6.12. The molecule has 0 fully saturated rings. The van der Waals surface area contributed by atoms with Gasteiger partial charge in [0.25, 0.3) is 0 Å². The van der Waals surface area contributed by atoms with Gasteiger partial charge in [0, 0.05) is 44.3 Å². The lowest BCUT2D eigenvalue weighted by Gasteiger charge is -2.14. The van der Waals surface area contributed by atoms with Crippen LogP contribution in [0.1, 0.15) is 5.56 Å². The van der Waals surface area contributed by atoms with E-state index in [2.05, 4.69) is 10.3 Å². The summed E-state index contributed by atoms with van der Waals surface area (Å²) in [4.78, 5) is 14.4. The number of aromatic nitrogens is 1. The van der Waals surface area contributed by atoms with E-state index in [0.717, 1.165) is 16.5 Å². The predicted octanol–water partition coefficient (Wildman–Crippen LogP) is 1.24. The van der Waals surface area contributed by atoms with Crippen molar-refractivity contribution in [1.29, 1.82) is 0 Å². The molecule has 1 heterocycles. The number of H-pyrrole nitrogens is 1. The summed E-state index contributed by atoms with van der Waals surface area (Å²) < 4.78 is 10.2. The number of pyridine rings is 1. The van der Waals surface area contributed by atoms with Gasteiger partial charge in [-0.1, -0.05) is 18.2 Å². The second-order valence-electron chi connectivity index (χ2n) is 4.24. The molecular formula is C14H18N2O3. The molecule has 102 valence electrons. The van der Waals surface area contributed by atoms with Gasteiger partial charge in [-0.2, -0.15) is 0 Å². The Kier molecular flexibility index (Phi) is 4.68. The smallest absolute Gasteiger partial charge is 0.248 e. The third-order valence-electron chi connectivity index (χ3n) is 2.99. The number of ether oxygens (including phenoxy) is 2. The fourth-order valence-electron chi connectivity index (χ4n) is 2.01. The summed E-state index contributed by atoms with van der Waals surface area (Å²) in [6.07, 6.45) is -0.284. The summed E-state index contributed by atoms with van der Waals surface area (Å²) in [5, 5.41) is 4.26. The Morgan fingerprint density at radius 2 is 2.00 bits per heavy atom. The molecule has 0 atom stereocenters. The second-order valence-corrected chi connectivity index (χ2v) is 4.24. The third-order valence-corrected chi connectivity index (χ3v) is 2.99. The van der Waals surface area contributed by atoms with E-state index in [1.54, 1.807) is 20.3 Å². The van der Waals surface area contributed by atoms with E-state index in [1.807, 2.05) is 24.3 Å². The third kappa shape index (κ3) is 3.41. The molecule has 5 nitrogen and oxygen atoms in total. The maximum absolute atomic E-state index is 11.6. The van der Waals surface area contributed by atoms with E-state index < -0.39 is 0 Å². The first-order valence-electron chi connectivity index (χ1n) is 6.12. The molecular weight excluding hydrogens is 244 g/mol. The van der Waals surface area contributed by atoms with Crippen molar-refractivity contribution in [1.82, 2.24) is 10.3 Å². The van der Waals surface area contributed by atoms with E-state index in [0.29, 0.717) is 13.1 Å². The van der Waals surface area contributed by atoms with Crippen LogP contribution in [0.25, 0.3) is 10.9 Å². The molecule has 19 heavy (non-hydrogen) atoms. The largest absolute Gasteiger partial charge is 0.355 e. The molecule has 0 aliphatic carbocycles. The Balaban J connectivity index is 2.14. The minimum absolute atomic E-state index is 0.0921. The molecule has 2 rings (SSSR count). The first-order chi connectivity index (χ1) is 9.24. The number of aromatic amines is 1. The number of benzene rings is 1. The molecule has 0 saturated heterocycles. The van der Waals surface area contributed by atoms with Crippen molar-refractivity contribution in [3.63, 3.8) is 0 Å². The number of hydrogen-bond donors (Lipinski definition) is 2. The lowest BCUT2D eigenvalue weighted by atomic mass is 10.1. The molecule has 0 aliphatic rings. The number of hydrogen-bond acceptors (Lipinski definition) is 4. The lowest BCUT2D eigenvalue weighted by Crippen LogP contribution is -2.29. The van der Waals surface area contributed by atoms with Gasteiger partial charge in [0.1, 0.15) is 0 Å². The van der Waals surface area contributed by atoms with Crippen LogP contribution < -0.4 is 10.9 Å². The molecule has 0 saturated carbocycles. The quantitative estimate of drug-likeness (QED) is 0.769. The van der Waals surface area contributed by atoms with Crippen molar-refractivity contribution >= 4 is 10.9 Å². The van der Waals surface area contributed by atoms with Gasteiger partial charge in [-0.25, -0.2) is 0 Å². The van der Waals surface area contributed by atoms with Crippen LogP contribution in [-0.2, 0) is 16.0 Å².